The quantitative estimate of drug-likeness (QED) is 0.372. The number of aryl methyl sites for hydroxylation is 1. The summed E-state index contributed by atoms with van der Waals surface area (Å²) in [5.41, 5.74) is 6.62. The average molecular weight is 497 g/mol. The van der Waals surface area contributed by atoms with Crippen molar-refractivity contribution in [2.24, 2.45) is 0 Å². The summed E-state index contributed by atoms with van der Waals surface area (Å²) in [6.45, 7) is 9.71. The maximum Gasteiger partial charge on any atom is 0.410 e. The van der Waals surface area contributed by atoms with E-state index in [0.29, 0.717) is 19.5 Å². The van der Waals surface area contributed by atoms with Gasteiger partial charge in [0, 0.05) is 62.0 Å². The normalized spacial score (nSPS) is 13.4. The van der Waals surface area contributed by atoms with Gasteiger partial charge in [-0.1, -0.05) is 18.2 Å². The van der Waals surface area contributed by atoms with Crippen LogP contribution in [0.3, 0.4) is 0 Å². The summed E-state index contributed by atoms with van der Waals surface area (Å²) in [6.07, 6.45) is 8.55. The van der Waals surface area contributed by atoms with Gasteiger partial charge in [0.05, 0.1) is 5.69 Å². The van der Waals surface area contributed by atoms with Crippen molar-refractivity contribution in [3.63, 3.8) is 0 Å². The molecule has 3 aromatic heterocycles. The van der Waals surface area contributed by atoms with E-state index in [0.717, 1.165) is 52.4 Å². The Balaban J connectivity index is 1.38. The Kier molecular flexibility index (Phi) is 6.74. The van der Waals surface area contributed by atoms with Crippen LogP contribution in [-0.4, -0.2) is 47.9 Å². The Labute approximate surface area is 217 Å². The molecule has 1 aromatic carbocycles. The highest BCUT2D eigenvalue weighted by molar-refractivity contribution is 5.78. The largest absolute Gasteiger partial charge is 0.444 e. The molecule has 5 rings (SSSR count). The zero-order chi connectivity index (χ0) is 26.0. The Morgan fingerprint density at radius 1 is 1.11 bits per heavy atom. The molecule has 0 unspecified atom stereocenters. The van der Waals surface area contributed by atoms with Gasteiger partial charge in [-0.2, -0.15) is 5.10 Å². The van der Waals surface area contributed by atoms with Crippen molar-refractivity contribution in [2.45, 2.75) is 59.2 Å². The third kappa shape index (κ3) is 5.69. The lowest BCUT2D eigenvalue weighted by atomic mass is 9.96. The van der Waals surface area contributed by atoms with Gasteiger partial charge < -0.3 is 9.64 Å². The van der Waals surface area contributed by atoms with E-state index in [4.69, 9.17) is 14.8 Å². The van der Waals surface area contributed by atoms with Crippen molar-refractivity contribution in [1.29, 1.82) is 0 Å². The summed E-state index contributed by atoms with van der Waals surface area (Å²) in [5.74, 6) is 0.735. The molecule has 0 saturated carbocycles. The Morgan fingerprint density at radius 3 is 2.73 bits per heavy atom. The van der Waals surface area contributed by atoms with Gasteiger partial charge in [0.1, 0.15) is 17.1 Å². The smallest absolute Gasteiger partial charge is 0.410 e. The number of fused-ring (bicyclic) bond motifs is 1. The van der Waals surface area contributed by atoms with E-state index < -0.39 is 5.60 Å². The molecular formula is C29H32N6O2. The first kappa shape index (κ1) is 24.6. The van der Waals surface area contributed by atoms with E-state index in [9.17, 15) is 4.79 Å². The van der Waals surface area contributed by atoms with Gasteiger partial charge in [-0.05, 0) is 69.0 Å². The molecule has 1 aliphatic heterocycles. The van der Waals surface area contributed by atoms with E-state index in [1.165, 1.54) is 5.56 Å². The second-order valence-electron chi connectivity index (χ2n) is 10.3. The van der Waals surface area contributed by atoms with E-state index in [2.05, 4.69) is 35.1 Å². The van der Waals surface area contributed by atoms with Crippen LogP contribution >= 0.6 is 0 Å². The lowest BCUT2D eigenvalue weighted by Crippen LogP contribution is -2.39. The first-order chi connectivity index (χ1) is 17.8. The van der Waals surface area contributed by atoms with Gasteiger partial charge in [0.25, 0.3) is 0 Å². The first-order valence-electron chi connectivity index (χ1n) is 12.7. The van der Waals surface area contributed by atoms with E-state index >= 15 is 0 Å². The number of carbonyl (C=O) groups excluding carboxylic acids is 1. The molecule has 0 saturated heterocycles. The number of carbonyl (C=O) groups is 1. The zero-order valence-electron chi connectivity index (χ0n) is 21.8. The molecule has 0 N–H and O–H groups in total. The number of ether oxygens (including phenoxy) is 1. The van der Waals surface area contributed by atoms with Crippen molar-refractivity contribution in [3.8, 4) is 22.5 Å². The average Bonchev–Trinajstić information content (AvgIpc) is 3.33. The number of hydrogen-bond donors (Lipinski definition) is 0. The van der Waals surface area contributed by atoms with Crippen LogP contribution in [0.1, 0.15) is 50.2 Å². The molecule has 190 valence electrons. The van der Waals surface area contributed by atoms with Crippen LogP contribution in [0.5, 0.6) is 0 Å². The number of aromatic nitrogens is 5. The summed E-state index contributed by atoms with van der Waals surface area (Å²) in [6, 6.07) is 12.3. The predicted molar refractivity (Wildman–Crippen MR) is 142 cm³/mol. The fourth-order valence-electron chi connectivity index (χ4n) is 4.51. The number of rotatable bonds is 5. The molecule has 4 heterocycles. The number of nitrogens with zero attached hydrogens (tertiary/aromatic N) is 6. The van der Waals surface area contributed by atoms with Gasteiger partial charge in [-0.3, -0.25) is 9.67 Å². The van der Waals surface area contributed by atoms with Gasteiger partial charge in [0.15, 0.2) is 0 Å². The minimum atomic E-state index is -0.508. The van der Waals surface area contributed by atoms with E-state index in [1.807, 2.05) is 56.0 Å². The topological polar surface area (TPSA) is 86.0 Å². The molecular weight excluding hydrogens is 464 g/mol. The summed E-state index contributed by atoms with van der Waals surface area (Å²) in [4.78, 5) is 28.1. The van der Waals surface area contributed by atoms with Gasteiger partial charge in [0.2, 0.25) is 0 Å². The second-order valence-corrected chi connectivity index (χ2v) is 10.3. The number of amides is 1. The molecule has 0 atom stereocenters. The van der Waals surface area contributed by atoms with E-state index in [-0.39, 0.29) is 6.09 Å². The van der Waals surface area contributed by atoms with Gasteiger partial charge in [-0.25, -0.2) is 14.8 Å². The molecule has 0 bridgehead atoms. The van der Waals surface area contributed by atoms with Crippen LogP contribution in [0.25, 0.3) is 22.5 Å². The molecule has 37 heavy (non-hydrogen) atoms. The monoisotopic (exact) mass is 496 g/mol. The standard InChI is InChI=1S/C29H32N6O2/c1-5-35-19-24(27(33-35)22-7-6-12-30-17-22)25-10-13-31-26(32-25)16-20-8-9-21-11-14-34(18-23(21)15-20)28(36)37-29(2,3)4/h6-10,12-13,15,17,19H,5,11,14,16,18H2,1-4H3. The van der Waals surface area contributed by atoms with Crippen LogP contribution in [0.2, 0.25) is 0 Å². The molecule has 8 nitrogen and oxygen atoms in total. The molecule has 1 aliphatic rings. The first-order valence-corrected chi connectivity index (χ1v) is 12.7. The highest BCUT2D eigenvalue weighted by Crippen LogP contribution is 2.30. The maximum atomic E-state index is 12.6. The van der Waals surface area contributed by atoms with Crippen LogP contribution in [-0.2, 0) is 30.7 Å². The van der Waals surface area contributed by atoms with Gasteiger partial charge >= 0.3 is 6.09 Å². The van der Waals surface area contributed by atoms with Crippen LogP contribution in [0, 0.1) is 0 Å². The van der Waals surface area contributed by atoms with Crippen LogP contribution in [0.15, 0.2) is 61.2 Å². The number of pyridine rings is 1. The second kappa shape index (κ2) is 10.1. The Bertz CT molecular complexity index is 1410. The molecule has 0 fully saturated rings. The lowest BCUT2D eigenvalue weighted by molar-refractivity contribution is 0.0224. The van der Waals surface area contributed by atoms with Crippen molar-refractivity contribution in [1.82, 2.24) is 29.6 Å². The lowest BCUT2D eigenvalue weighted by Gasteiger charge is -2.31. The molecule has 4 aromatic rings. The summed E-state index contributed by atoms with van der Waals surface area (Å²) in [7, 11) is 0. The Hall–Kier alpha value is -4.07. The van der Waals surface area contributed by atoms with E-state index in [1.54, 1.807) is 17.3 Å². The molecule has 8 heteroatoms. The highest BCUT2D eigenvalue weighted by Gasteiger charge is 2.26. The fraction of sp³-hybridized carbons (Fsp3) is 0.345. The molecule has 0 spiro atoms. The minimum absolute atomic E-state index is 0.267. The third-order valence-corrected chi connectivity index (χ3v) is 6.30. The van der Waals surface area contributed by atoms with Crippen LogP contribution in [0.4, 0.5) is 4.79 Å². The number of benzene rings is 1. The van der Waals surface area contributed by atoms with Crippen molar-refractivity contribution in [3.05, 3.63) is 83.7 Å². The van der Waals surface area contributed by atoms with Gasteiger partial charge in [-0.15, -0.1) is 0 Å². The SMILES string of the molecule is CCn1cc(-c2ccnc(Cc3ccc4c(c3)CN(C(=O)OC(C)(C)C)CC4)n2)c(-c2cccnc2)n1. The van der Waals surface area contributed by atoms with Crippen molar-refractivity contribution < 1.29 is 9.53 Å². The maximum absolute atomic E-state index is 12.6. The molecule has 1 amide bonds. The zero-order valence-corrected chi connectivity index (χ0v) is 21.8. The highest BCUT2D eigenvalue weighted by atomic mass is 16.6. The minimum Gasteiger partial charge on any atom is -0.444 e. The number of hydrogen-bond acceptors (Lipinski definition) is 6. The van der Waals surface area contributed by atoms with Crippen molar-refractivity contribution >= 4 is 6.09 Å². The summed E-state index contributed by atoms with van der Waals surface area (Å²) >= 11 is 0. The summed E-state index contributed by atoms with van der Waals surface area (Å²) in [5, 5.41) is 4.75. The fourth-order valence-corrected chi connectivity index (χ4v) is 4.51. The molecule has 0 radical (unpaired) electrons. The van der Waals surface area contributed by atoms with Crippen LogP contribution < -0.4 is 0 Å². The summed E-state index contributed by atoms with van der Waals surface area (Å²) < 4.78 is 7.50. The Morgan fingerprint density at radius 2 is 1.97 bits per heavy atom. The molecule has 0 aliphatic carbocycles. The predicted octanol–water partition coefficient (Wildman–Crippen LogP) is 5.31. The van der Waals surface area contributed by atoms with Crippen molar-refractivity contribution in [2.75, 3.05) is 6.54 Å². The third-order valence-electron chi connectivity index (χ3n) is 6.30.